The molecule has 0 unspecified atom stereocenters. The van der Waals surface area contributed by atoms with E-state index >= 15 is 0 Å². The lowest BCUT2D eigenvalue weighted by molar-refractivity contribution is -0.253. The van der Waals surface area contributed by atoms with Gasteiger partial charge in [0.2, 0.25) is 0 Å². The zero-order valence-electron chi connectivity index (χ0n) is 12.3. The number of nitrogens with zero attached hydrogens (tertiary/aromatic N) is 3. The summed E-state index contributed by atoms with van der Waals surface area (Å²) < 4.78 is 0.394. The van der Waals surface area contributed by atoms with Gasteiger partial charge in [-0.1, -0.05) is 19.9 Å². The van der Waals surface area contributed by atoms with Crippen molar-refractivity contribution < 1.29 is 20.4 Å². The van der Waals surface area contributed by atoms with E-state index in [4.69, 9.17) is 0 Å². The SMILES string of the molecule is C=CCn1c(=O)n(C(O)(O)CC)c(=O)n(C(O)(O)CC)c1=O. The van der Waals surface area contributed by atoms with Gasteiger partial charge < -0.3 is 20.4 Å². The Hall–Kier alpha value is -2.01. The molecule has 0 fully saturated rings. The lowest BCUT2D eigenvalue weighted by atomic mass is 10.3. The van der Waals surface area contributed by atoms with Gasteiger partial charge in [0.1, 0.15) is 0 Å². The van der Waals surface area contributed by atoms with Gasteiger partial charge in [-0.3, -0.25) is 0 Å². The Morgan fingerprint density at radius 3 is 1.55 bits per heavy atom. The topological polar surface area (TPSA) is 147 Å². The van der Waals surface area contributed by atoms with E-state index in [-0.39, 0.29) is 15.7 Å². The first-order chi connectivity index (χ1) is 10.0. The Labute approximate surface area is 124 Å². The minimum absolute atomic E-state index is 0.0191. The van der Waals surface area contributed by atoms with E-state index in [1.165, 1.54) is 13.8 Å². The van der Waals surface area contributed by atoms with Crippen LogP contribution in [0.25, 0.3) is 0 Å². The molecule has 0 spiro atoms. The first-order valence-corrected chi connectivity index (χ1v) is 6.55. The standard InChI is InChI=1S/C12H19N3O7/c1-4-7-13-8(16)14(11(19,20)5-2)10(18)15(9(13)17)12(21,22)6-3/h4,19-22H,1,5-7H2,2-3H3. The molecular formula is C12H19N3O7. The van der Waals surface area contributed by atoms with Crippen molar-refractivity contribution in [2.75, 3.05) is 0 Å². The Kier molecular flexibility index (Phi) is 4.92. The molecule has 1 heterocycles. The van der Waals surface area contributed by atoms with Crippen molar-refractivity contribution in [2.24, 2.45) is 0 Å². The van der Waals surface area contributed by atoms with E-state index in [1.807, 2.05) is 0 Å². The van der Waals surface area contributed by atoms with Gasteiger partial charge in [-0.2, -0.15) is 9.13 Å². The molecule has 0 aliphatic carbocycles. The lowest BCUT2D eigenvalue weighted by Gasteiger charge is -2.27. The van der Waals surface area contributed by atoms with Crippen molar-refractivity contribution in [3.8, 4) is 0 Å². The van der Waals surface area contributed by atoms with Crippen LogP contribution in [0.4, 0.5) is 0 Å². The molecule has 0 bridgehead atoms. The van der Waals surface area contributed by atoms with Crippen molar-refractivity contribution in [2.45, 2.75) is 45.1 Å². The molecule has 10 nitrogen and oxygen atoms in total. The van der Waals surface area contributed by atoms with Crippen LogP contribution in [0.15, 0.2) is 27.0 Å². The van der Waals surface area contributed by atoms with Crippen molar-refractivity contribution >= 4 is 0 Å². The smallest absolute Gasteiger partial charge is 0.345 e. The molecular weight excluding hydrogens is 298 g/mol. The summed E-state index contributed by atoms with van der Waals surface area (Å²) in [5.41, 5.74) is -4.15. The van der Waals surface area contributed by atoms with Gasteiger partial charge in [-0.05, 0) is 0 Å². The number of aliphatic hydroxyl groups is 4. The zero-order chi connectivity index (χ0) is 17.3. The summed E-state index contributed by atoms with van der Waals surface area (Å²) in [6.07, 6.45) is 0.252. The fraction of sp³-hybridized carbons (Fsp3) is 0.583. The van der Waals surface area contributed by atoms with Gasteiger partial charge in [-0.25, -0.2) is 19.0 Å². The minimum atomic E-state index is -2.89. The maximum atomic E-state index is 12.2. The van der Waals surface area contributed by atoms with E-state index < -0.39 is 41.7 Å². The summed E-state index contributed by atoms with van der Waals surface area (Å²) in [7, 11) is 0. The molecule has 0 aliphatic rings. The summed E-state index contributed by atoms with van der Waals surface area (Å²) in [6, 6.07) is 0. The molecule has 0 aliphatic heterocycles. The van der Waals surface area contributed by atoms with Gasteiger partial charge in [0.15, 0.2) is 0 Å². The molecule has 124 valence electrons. The highest BCUT2D eigenvalue weighted by atomic mass is 16.5. The molecule has 0 aromatic carbocycles. The molecule has 22 heavy (non-hydrogen) atoms. The Bertz CT molecular complexity index is 684. The second-order valence-corrected chi connectivity index (χ2v) is 4.67. The molecule has 1 aromatic heterocycles. The molecule has 0 amide bonds. The van der Waals surface area contributed by atoms with Crippen molar-refractivity contribution in [3.63, 3.8) is 0 Å². The maximum Gasteiger partial charge on any atom is 0.345 e. The molecule has 1 rings (SSSR count). The first kappa shape index (κ1) is 18.0. The zero-order valence-corrected chi connectivity index (χ0v) is 12.3. The third-order valence-corrected chi connectivity index (χ3v) is 3.20. The van der Waals surface area contributed by atoms with Gasteiger partial charge in [0, 0.05) is 12.8 Å². The van der Waals surface area contributed by atoms with Gasteiger partial charge >= 0.3 is 17.1 Å². The number of aromatic nitrogens is 3. The van der Waals surface area contributed by atoms with Crippen LogP contribution >= 0.6 is 0 Å². The van der Waals surface area contributed by atoms with Crippen LogP contribution in [0.2, 0.25) is 0 Å². The quantitative estimate of drug-likeness (QED) is 0.331. The van der Waals surface area contributed by atoms with E-state index in [1.54, 1.807) is 0 Å². The predicted molar refractivity (Wildman–Crippen MR) is 74.8 cm³/mol. The second kappa shape index (κ2) is 6.01. The monoisotopic (exact) mass is 317 g/mol. The van der Waals surface area contributed by atoms with Gasteiger partial charge in [-0.15, -0.1) is 6.58 Å². The van der Waals surface area contributed by atoms with Crippen molar-refractivity contribution in [1.29, 1.82) is 0 Å². The summed E-state index contributed by atoms with van der Waals surface area (Å²) in [4.78, 5) is 36.5. The molecule has 4 N–H and O–H groups in total. The Morgan fingerprint density at radius 2 is 1.27 bits per heavy atom. The Balaban J connectivity index is 4.06. The molecule has 0 saturated carbocycles. The average molecular weight is 317 g/mol. The van der Waals surface area contributed by atoms with E-state index in [0.29, 0.717) is 4.57 Å². The normalized spacial score (nSPS) is 12.5. The number of allylic oxidation sites excluding steroid dienone is 1. The number of hydrogen-bond acceptors (Lipinski definition) is 7. The molecule has 1 aromatic rings. The fourth-order valence-electron chi connectivity index (χ4n) is 1.80. The highest BCUT2D eigenvalue weighted by Gasteiger charge is 2.36. The number of rotatable bonds is 6. The predicted octanol–water partition coefficient (Wildman–Crippen LogP) is -2.63. The van der Waals surface area contributed by atoms with Crippen LogP contribution in [-0.4, -0.2) is 34.1 Å². The summed E-state index contributed by atoms with van der Waals surface area (Å²) in [5.74, 6) is -5.79. The molecule has 10 heteroatoms. The van der Waals surface area contributed by atoms with E-state index in [0.717, 1.165) is 6.08 Å². The highest BCUT2D eigenvalue weighted by molar-refractivity contribution is 4.87. The lowest BCUT2D eigenvalue weighted by Crippen LogP contribution is -2.64. The van der Waals surface area contributed by atoms with Crippen LogP contribution in [0.5, 0.6) is 0 Å². The third kappa shape index (κ3) is 2.81. The Morgan fingerprint density at radius 1 is 0.909 bits per heavy atom. The van der Waals surface area contributed by atoms with Gasteiger partial charge in [0.25, 0.3) is 11.8 Å². The molecule has 0 atom stereocenters. The largest absolute Gasteiger partial charge is 0.348 e. The van der Waals surface area contributed by atoms with Gasteiger partial charge in [0.05, 0.1) is 6.54 Å². The minimum Gasteiger partial charge on any atom is -0.348 e. The highest BCUT2D eigenvalue weighted by Crippen LogP contribution is 2.10. The van der Waals surface area contributed by atoms with Crippen LogP contribution < -0.4 is 17.1 Å². The molecule has 0 saturated heterocycles. The van der Waals surface area contributed by atoms with Crippen LogP contribution in [0.3, 0.4) is 0 Å². The van der Waals surface area contributed by atoms with E-state index in [9.17, 15) is 34.8 Å². The first-order valence-electron chi connectivity index (χ1n) is 6.55. The van der Waals surface area contributed by atoms with E-state index in [2.05, 4.69) is 6.58 Å². The summed E-state index contributed by atoms with van der Waals surface area (Å²) in [5, 5.41) is 39.2. The number of hydrogen-bond donors (Lipinski definition) is 4. The maximum absolute atomic E-state index is 12.2. The van der Waals surface area contributed by atoms with Crippen LogP contribution in [0, 0.1) is 0 Å². The average Bonchev–Trinajstić information content (AvgIpc) is 2.43. The molecule has 0 radical (unpaired) electrons. The third-order valence-electron chi connectivity index (χ3n) is 3.20. The van der Waals surface area contributed by atoms with Crippen molar-refractivity contribution in [1.82, 2.24) is 13.7 Å². The fourth-order valence-corrected chi connectivity index (χ4v) is 1.80. The summed E-state index contributed by atoms with van der Waals surface area (Å²) in [6.45, 7) is 5.54. The van der Waals surface area contributed by atoms with Crippen LogP contribution in [-0.2, 0) is 18.4 Å². The second-order valence-electron chi connectivity index (χ2n) is 4.67. The summed E-state index contributed by atoms with van der Waals surface area (Å²) >= 11 is 0. The van der Waals surface area contributed by atoms with Crippen molar-refractivity contribution in [3.05, 3.63) is 44.1 Å². The van der Waals surface area contributed by atoms with Crippen LogP contribution in [0.1, 0.15) is 26.7 Å².